The van der Waals surface area contributed by atoms with Gasteiger partial charge >= 0.3 is 0 Å². The summed E-state index contributed by atoms with van der Waals surface area (Å²) in [5, 5.41) is 9.01. The molecule has 2 rings (SSSR count). The van der Waals surface area contributed by atoms with Crippen molar-refractivity contribution in [1.82, 2.24) is 4.31 Å². The van der Waals surface area contributed by atoms with Crippen LogP contribution in [0.2, 0.25) is 0 Å². The van der Waals surface area contributed by atoms with Crippen LogP contribution in [0, 0.1) is 0 Å². The van der Waals surface area contributed by atoms with Crippen molar-refractivity contribution in [2.24, 2.45) is 5.73 Å². The highest BCUT2D eigenvalue weighted by molar-refractivity contribution is 7.88. The number of aliphatic hydroxyl groups excluding tert-OH is 1. The van der Waals surface area contributed by atoms with Gasteiger partial charge in [-0.1, -0.05) is 36.5 Å². The first-order valence-electron chi connectivity index (χ1n) is 6.43. The van der Waals surface area contributed by atoms with Crippen LogP contribution in [-0.4, -0.2) is 42.0 Å². The number of rotatable bonds is 7. The summed E-state index contributed by atoms with van der Waals surface area (Å²) in [5.41, 5.74) is 6.91. The normalized spacial score (nSPS) is 15.5. The first-order chi connectivity index (χ1) is 9.44. The SMILES string of the molecule is NC(=S)c1ccc(CS(=O)(=O)N(CCO)C2CC2)cc1. The largest absolute Gasteiger partial charge is 0.395 e. The third-order valence-corrected chi connectivity index (χ3v) is 5.35. The number of hydrogen-bond acceptors (Lipinski definition) is 4. The number of aliphatic hydroxyl groups is 1. The van der Waals surface area contributed by atoms with Crippen LogP contribution in [0.4, 0.5) is 0 Å². The lowest BCUT2D eigenvalue weighted by atomic mass is 10.1. The van der Waals surface area contributed by atoms with Crippen LogP contribution >= 0.6 is 12.2 Å². The van der Waals surface area contributed by atoms with Crippen LogP contribution in [0.3, 0.4) is 0 Å². The number of nitrogens with zero attached hydrogens (tertiary/aromatic N) is 1. The van der Waals surface area contributed by atoms with Gasteiger partial charge in [-0.2, -0.15) is 4.31 Å². The molecule has 0 spiro atoms. The Morgan fingerprint density at radius 1 is 1.35 bits per heavy atom. The molecule has 0 aromatic heterocycles. The predicted octanol–water partition coefficient (Wildman–Crippen LogP) is 0.607. The number of nitrogens with two attached hydrogens (primary N) is 1. The Morgan fingerprint density at radius 3 is 2.40 bits per heavy atom. The van der Waals surface area contributed by atoms with E-state index in [1.165, 1.54) is 4.31 Å². The van der Waals surface area contributed by atoms with Crippen molar-refractivity contribution in [3.8, 4) is 0 Å². The number of sulfonamides is 1. The van der Waals surface area contributed by atoms with E-state index in [0.717, 1.165) is 18.4 Å². The Balaban J connectivity index is 2.12. The van der Waals surface area contributed by atoms with Crippen LogP contribution in [0.15, 0.2) is 24.3 Å². The molecular weight excluding hydrogens is 296 g/mol. The maximum atomic E-state index is 12.4. The van der Waals surface area contributed by atoms with Crippen molar-refractivity contribution in [2.45, 2.75) is 24.6 Å². The first-order valence-corrected chi connectivity index (χ1v) is 8.45. The summed E-state index contributed by atoms with van der Waals surface area (Å²) in [4.78, 5) is 0.291. The molecule has 0 atom stereocenters. The fourth-order valence-electron chi connectivity index (χ4n) is 2.07. The molecule has 0 unspecified atom stereocenters. The van der Waals surface area contributed by atoms with E-state index in [2.05, 4.69) is 0 Å². The highest BCUT2D eigenvalue weighted by atomic mass is 32.2. The summed E-state index contributed by atoms with van der Waals surface area (Å²) in [6.07, 6.45) is 1.75. The zero-order valence-electron chi connectivity index (χ0n) is 11.0. The van der Waals surface area contributed by atoms with E-state index in [1.54, 1.807) is 24.3 Å². The summed E-state index contributed by atoms with van der Waals surface area (Å²) < 4.78 is 26.1. The predicted molar refractivity (Wildman–Crippen MR) is 81.8 cm³/mol. The molecule has 110 valence electrons. The minimum absolute atomic E-state index is 0.0584. The molecule has 0 radical (unpaired) electrons. The number of thiocarbonyl (C=S) groups is 1. The van der Waals surface area contributed by atoms with Gasteiger partial charge in [-0.3, -0.25) is 0 Å². The van der Waals surface area contributed by atoms with Gasteiger partial charge in [-0.25, -0.2) is 8.42 Å². The first kappa shape index (κ1) is 15.4. The molecule has 3 N–H and O–H groups in total. The van der Waals surface area contributed by atoms with Gasteiger partial charge in [0.25, 0.3) is 0 Å². The second-order valence-electron chi connectivity index (χ2n) is 4.88. The van der Waals surface area contributed by atoms with Crippen molar-refractivity contribution in [1.29, 1.82) is 0 Å². The van der Waals surface area contributed by atoms with Crippen LogP contribution < -0.4 is 5.73 Å². The summed E-state index contributed by atoms with van der Waals surface area (Å²) >= 11 is 4.86. The molecule has 0 amide bonds. The molecule has 1 saturated carbocycles. The van der Waals surface area contributed by atoms with Gasteiger partial charge < -0.3 is 10.8 Å². The van der Waals surface area contributed by atoms with Gasteiger partial charge in [0.2, 0.25) is 10.0 Å². The van der Waals surface area contributed by atoms with Crippen molar-refractivity contribution >= 4 is 27.2 Å². The quantitative estimate of drug-likeness (QED) is 0.720. The Bertz CT molecular complexity index is 580. The van der Waals surface area contributed by atoms with Gasteiger partial charge in [0.15, 0.2) is 0 Å². The molecule has 5 nitrogen and oxygen atoms in total. The second kappa shape index (κ2) is 6.17. The maximum absolute atomic E-state index is 12.4. The standard InChI is InChI=1S/C13H18N2O3S2/c14-13(19)11-3-1-10(2-4-11)9-20(17,18)15(7-8-16)12-5-6-12/h1-4,12,16H,5-9H2,(H2,14,19). The molecule has 7 heteroatoms. The summed E-state index contributed by atoms with van der Waals surface area (Å²) in [5.74, 6) is -0.0683. The fraction of sp³-hybridized carbons (Fsp3) is 0.462. The second-order valence-corrected chi connectivity index (χ2v) is 7.24. The lowest BCUT2D eigenvalue weighted by Crippen LogP contribution is -2.36. The Labute approximate surface area is 124 Å². The van der Waals surface area contributed by atoms with Crippen molar-refractivity contribution < 1.29 is 13.5 Å². The maximum Gasteiger partial charge on any atom is 0.218 e. The minimum Gasteiger partial charge on any atom is -0.395 e. The molecule has 1 aromatic rings. The van der Waals surface area contributed by atoms with Crippen LogP contribution in [-0.2, 0) is 15.8 Å². The highest BCUT2D eigenvalue weighted by Gasteiger charge is 2.36. The Hall–Kier alpha value is -1.02. The van der Waals surface area contributed by atoms with E-state index in [4.69, 9.17) is 23.1 Å². The molecule has 0 aliphatic heterocycles. The molecule has 0 heterocycles. The van der Waals surface area contributed by atoms with E-state index in [1.807, 2.05) is 0 Å². The molecular formula is C13H18N2O3S2. The Kier molecular flexibility index (Phi) is 4.74. The molecule has 1 fully saturated rings. The van der Waals surface area contributed by atoms with Gasteiger partial charge in [-0.05, 0) is 18.4 Å². The third-order valence-electron chi connectivity index (χ3n) is 3.22. The van der Waals surface area contributed by atoms with Crippen molar-refractivity contribution in [3.05, 3.63) is 35.4 Å². The van der Waals surface area contributed by atoms with E-state index < -0.39 is 10.0 Å². The highest BCUT2D eigenvalue weighted by Crippen LogP contribution is 2.30. The topological polar surface area (TPSA) is 83.6 Å². The molecule has 20 heavy (non-hydrogen) atoms. The average molecular weight is 314 g/mol. The Morgan fingerprint density at radius 2 is 1.95 bits per heavy atom. The van der Waals surface area contributed by atoms with Crippen LogP contribution in [0.1, 0.15) is 24.0 Å². The molecule has 1 aliphatic carbocycles. The minimum atomic E-state index is -3.40. The van der Waals surface area contributed by atoms with E-state index >= 15 is 0 Å². The molecule has 0 bridgehead atoms. The monoisotopic (exact) mass is 314 g/mol. The zero-order valence-corrected chi connectivity index (χ0v) is 12.7. The van der Waals surface area contributed by atoms with Crippen LogP contribution in [0.5, 0.6) is 0 Å². The van der Waals surface area contributed by atoms with Gasteiger partial charge in [-0.15, -0.1) is 0 Å². The summed E-state index contributed by atoms with van der Waals surface area (Å²) in [6, 6.07) is 6.94. The molecule has 0 saturated heterocycles. The lowest BCUT2D eigenvalue weighted by molar-refractivity contribution is 0.250. The zero-order chi connectivity index (χ0) is 14.8. The smallest absolute Gasteiger partial charge is 0.218 e. The third kappa shape index (κ3) is 3.76. The van der Waals surface area contributed by atoms with Gasteiger partial charge in [0, 0.05) is 18.2 Å². The van der Waals surface area contributed by atoms with Crippen molar-refractivity contribution in [3.63, 3.8) is 0 Å². The van der Waals surface area contributed by atoms with E-state index in [-0.39, 0.29) is 24.9 Å². The van der Waals surface area contributed by atoms with Gasteiger partial charge in [0.1, 0.15) is 4.99 Å². The fourth-order valence-corrected chi connectivity index (χ4v) is 4.01. The summed E-state index contributed by atoms with van der Waals surface area (Å²) in [6.45, 7) is 0.00802. The number of benzene rings is 1. The summed E-state index contributed by atoms with van der Waals surface area (Å²) in [7, 11) is -3.40. The van der Waals surface area contributed by atoms with Gasteiger partial charge in [0.05, 0.1) is 12.4 Å². The average Bonchev–Trinajstić information content (AvgIpc) is 3.20. The van der Waals surface area contributed by atoms with E-state index in [0.29, 0.717) is 10.6 Å². The van der Waals surface area contributed by atoms with E-state index in [9.17, 15) is 8.42 Å². The molecule has 1 aliphatic rings. The van der Waals surface area contributed by atoms with Crippen LogP contribution in [0.25, 0.3) is 0 Å². The number of hydrogen-bond donors (Lipinski definition) is 2. The molecule has 1 aromatic carbocycles. The van der Waals surface area contributed by atoms with Crippen molar-refractivity contribution in [2.75, 3.05) is 13.2 Å². The lowest BCUT2D eigenvalue weighted by Gasteiger charge is -2.20.